The second-order valence-electron chi connectivity index (χ2n) is 5.12. The summed E-state index contributed by atoms with van der Waals surface area (Å²) in [6.07, 6.45) is 1.30. The van der Waals surface area contributed by atoms with Crippen molar-refractivity contribution in [1.29, 1.82) is 0 Å². The van der Waals surface area contributed by atoms with Gasteiger partial charge in [0, 0.05) is 31.8 Å². The van der Waals surface area contributed by atoms with Crippen LogP contribution >= 0.6 is 0 Å². The summed E-state index contributed by atoms with van der Waals surface area (Å²) in [5.74, 6) is 0.700. The molecule has 1 aromatic heterocycles. The number of ether oxygens (including phenoxy) is 2. The molecule has 1 aromatic carbocycles. The summed E-state index contributed by atoms with van der Waals surface area (Å²) in [4.78, 5) is 18.3. The van der Waals surface area contributed by atoms with Gasteiger partial charge >= 0.3 is 0 Å². The van der Waals surface area contributed by atoms with Gasteiger partial charge < -0.3 is 14.4 Å². The van der Waals surface area contributed by atoms with Crippen LogP contribution in [0.3, 0.4) is 0 Å². The average molecular weight is 302 g/mol. The van der Waals surface area contributed by atoms with Crippen molar-refractivity contribution in [2.24, 2.45) is 0 Å². The topological polar surface area (TPSA) is 51.7 Å². The molecule has 118 valence electrons. The maximum atomic E-state index is 12.3. The minimum atomic E-state index is -0.433. The first-order chi connectivity index (χ1) is 10.6. The molecule has 0 spiro atoms. The predicted molar refractivity (Wildman–Crippen MR) is 85.9 cm³/mol. The molecule has 1 atom stereocenters. The van der Waals surface area contributed by atoms with E-state index < -0.39 is 6.10 Å². The van der Waals surface area contributed by atoms with E-state index in [0.29, 0.717) is 13.2 Å². The maximum absolute atomic E-state index is 12.3. The Balaban J connectivity index is 2.27. The summed E-state index contributed by atoms with van der Waals surface area (Å²) < 4.78 is 10.7. The molecule has 22 heavy (non-hydrogen) atoms. The van der Waals surface area contributed by atoms with E-state index in [9.17, 15) is 4.79 Å². The third-order valence-electron chi connectivity index (χ3n) is 3.59. The zero-order valence-corrected chi connectivity index (χ0v) is 13.5. The average Bonchev–Trinajstić information content (AvgIpc) is 2.54. The van der Waals surface area contributed by atoms with Gasteiger partial charge in [-0.25, -0.2) is 0 Å². The van der Waals surface area contributed by atoms with E-state index in [2.05, 4.69) is 4.98 Å². The van der Waals surface area contributed by atoms with E-state index in [1.165, 1.54) is 0 Å². The molecule has 0 radical (unpaired) electrons. The Kier molecular flexibility index (Phi) is 5.33. The monoisotopic (exact) mass is 302 g/mol. The molecule has 0 saturated carbocycles. The molecule has 0 unspecified atom stereocenters. The molecule has 0 N–H and O–H groups in total. The molecule has 0 saturated heterocycles. The van der Waals surface area contributed by atoms with Gasteiger partial charge in [-0.1, -0.05) is 12.1 Å². The lowest BCUT2D eigenvalue weighted by atomic mass is 10.1. The van der Waals surface area contributed by atoms with Crippen molar-refractivity contribution >= 4 is 16.8 Å². The number of hydrogen-bond donors (Lipinski definition) is 0. The summed E-state index contributed by atoms with van der Waals surface area (Å²) in [5, 5.41) is 0.991. The predicted octanol–water partition coefficient (Wildman–Crippen LogP) is 2.63. The highest BCUT2D eigenvalue weighted by atomic mass is 16.5. The molecular weight excluding hydrogens is 280 g/mol. The van der Waals surface area contributed by atoms with Gasteiger partial charge in [0.15, 0.2) is 0 Å². The van der Waals surface area contributed by atoms with Crippen molar-refractivity contribution in [3.05, 3.63) is 36.0 Å². The first-order valence-electron chi connectivity index (χ1n) is 7.35. The number of amides is 1. The van der Waals surface area contributed by atoms with Gasteiger partial charge in [0.1, 0.15) is 17.4 Å². The number of benzene rings is 1. The standard InChI is InChI=1S/C17H22N2O3/c1-5-22-12(2)17(20)19(3)11-13-8-9-15(21-4)16-14(13)7-6-10-18-16/h6-10,12H,5,11H2,1-4H3/t12-/m0/s1. The largest absolute Gasteiger partial charge is 0.494 e. The third-order valence-corrected chi connectivity index (χ3v) is 3.59. The van der Waals surface area contributed by atoms with Crippen LogP contribution in [-0.2, 0) is 16.1 Å². The Hall–Kier alpha value is -2.14. The smallest absolute Gasteiger partial charge is 0.251 e. The number of carbonyl (C=O) groups excluding carboxylic acids is 1. The molecule has 0 aliphatic rings. The molecule has 1 heterocycles. The van der Waals surface area contributed by atoms with Crippen LogP contribution < -0.4 is 4.74 Å². The van der Waals surface area contributed by atoms with Gasteiger partial charge in [0.05, 0.1) is 7.11 Å². The van der Waals surface area contributed by atoms with E-state index in [1.807, 2.05) is 31.2 Å². The summed E-state index contributed by atoms with van der Waals surface area (Å²) >= 11 is 0. The van der Waals surface area contributed by atoms with Crippen molar-refractivity contribution < 1.29 is 14.3 Å². The van der Waals surface area contributed by atoms with E-state index >= 15 is 0 Å². The fourth-order valence-corrected chi connectivity index (χ4v) is 2.47. The lowest BCUT2D eigenvalue weighted by molar-refractivity contribution is -0.141. The number of aromatic nitrogens is 1. The Morgan fingerprint density at radius 2 is 2.14 bits per heavy atom. The number of nitrogens with zero attached hydrogens (tertiary/aromatic N) is 2. The highest BCUT2D eigenvalue weighted by molar-refractivity contribution is 5.88. The second-order valence-corrected chi connectivity index (χ2v) is 5.12. The van der Waals surface area contributed by atoms with Crippen molar-refractivity contribution in [2.75, 3.05) is 20.8 Å². The fraction of sp³-hybridized carbons (Fsp3) is 0.412. The number of methoxy groups -OCH3 is 1. The van der Waals surface area contributed by atoms with Gasteiger partial charge in [0.25, 0.3) is 5.91 Å². The summed E-state index contributed by atoms with van der Waals surface area (Å²) in [6.45, 7) is 4.68. The Morgan fingerprint density at radius 3 is 2.82 bits per heavy atom. The number of fused-ring (bicyclic) bond motifs is 1. The van der Waals surface area contributed by atoms with E-state index in [0.717, 1.165) is 22.2 Å². The highest BCUT2D eigenvalue weighted by Crippen LogP contribution is 2.27. The number of pyridine rings is 1. The number of rotatable bonds is 6. The minimum Gasteiger partial charge on any atom is -0.494 e. The minimum absolute atomic E-state index is 0.0327. The molecule has 2 aromatic rings. The third kappa shape index (κ3) is 3.36. The number of carbonyl (C=O) groups is 1. The molecular formula is C17H22N2O3. The quantitative estimate of drug-likeness (QED) is 0.823. The Bertz CT molecular complexity index is 657. The Labute approximate surface area is 130 Å². The van der Waals surface area contributed by atoms with Crippen LogP contribution in [0.5, 0.6) is 5.75 Å². The molecule has 0 aliphatic carbocycles. The first kappa shape index (κ1) is 16.2. The van der Waals surface area contributed by atoms with Crippen LogP contribution in [0.1, 0.15) is 19.4 Å². The highest BCUT2D eigenvalue weighted by Gasteiger charge is 2.18. The molecule has 0 bridgehead atoms. The molecule has 5 heteroatoms. The SMILES string of the molecule is CCO[C@@H](C)C(=O)N(C)Cc1ccc(OC)c2ncccc12. The van der Waals surface area contributed by atoms with E-state index in [4.69, 9.17) is 9.47 Å². The van der Waals surface area contributed by atoms with Gasteiger partial charge in [-0.05, 0) is 31.5 Å². The van der Waals surface area contributed by atoms with Gasteiger partial charge in [0.2, 0.25) is 0 Å². The summed E-state index contributed by atoms with van der Waals surface area (Å²) in [5.41, 5.74) is 1.84. The van der Waals surface area contributed by atoms with Crippen molar-refractivity contribution in [3.8, 4) is 5.75 Å². The second kappa shape index (κ2) is 7.22. The first-order valence-corrected chi connectivity index (χ1v) is 7.35. The Morgan fingerprint density at radius 1 is 1.36 bits per heavy atom. The molecule has 0 aliphatic heterocycles. The van der Waals surface area contributed by atoms with Gasteiger partial charge in [-0.3, -0.25) is 9.78 Å². The van der Waals surface area contributed by atoms with Gasteiger partial charge in [-0.2, -0.15) is 0 Å². The lowest BCUT2D eigenvalue weighted by Crippen LogP contribution is -2.35. The number of likely N-dealkylation sites (N-methyl/N-ethyl adjacent to an activating group) is 1. The van der Waals surface area contributed by atoms with E-state index in [-0.39, 0.29) is 5.91 Å². The van der Waals surface area contributed by atoms with Crippen LogP contribution in [0.25, 0.3) is 10.9 Å². The normalized spacial score (nSPS) is 12.2. The van der Waals surface area contributed by atoms with Gasteiger partial charge in [-0.15, -0.1) is 0 Å². The lowest BCUT2D eigenvalue weighted by Gasteiger charge is -2.22. The van der Waals surface area contributed by atoms with Crippen molar-refractivity contribution in [1.82, 2.24) is 9.88 Å². The molecule has 1 amide bonds. The molecule has 5 nitrogen and oxygen atoms in total. The summed E-state index contributed by atoms with van der Waals surface area (Å²) in [7, 11) is 3.41. The number of hydrogen-bond acceptors (Lipinski definition) is 4. The van der Waals surface area contributed by atoms with Crippen LogP contribution in [0.15, 0.2) is 30.5 Å². The zero-order chi connectivity index (χ0) is 16.1. The van der Waals surface area contributed by atoms with Crippen LogP contribution in [0.4, 0.5) is 0 Å². The van der Waals surface area contributed by atoms with Crippen LogP contribution in [0, 0.1) is 0 Å². The van der Waals surface area contributed by atoms with Crippen molar-refractivity contribution in [2.45, 2.75) is 26.5 Å². The van der Waals surface area contributed by atoms with Crippen LogP contribution in [0.2, 0.25) is 0 Å². The molecule has 2 rings (SSSR count). The van der Waals surface area contributed by atoms with Crippen LogP contribution in [-0.4, -0.2) is 42.7 Å². The molecule has 0 fully saturated rings. The zero-order valence-electron chi connectivity index (χ0n) is 13.5. The van der Waals surface area contributed by atoms with E-state index in [1.54, 1.807) is 32.2 Å². The summed E-state index contributed by atoms with van der Waals surface area (Å²) in [6, 6.07) is 7.73. The fourth-order valence-electron chi connectivity index (χ4n) is 2.47. The maximum Gasteiger partial charge on any atom is 0.251 e. The van der Waals surface area contributed by atoms with Crippen molar-refractivity contribution in [3.63, 3.8) is 0 Å².